The van der Waals surface area contributed by atoms with E-state index in [1.54, 1.807) is 18.0 Å². The third kappa shape index (κ3) is 4.84. The van der Waals surface area contributed by atoms with Gasteiger partial charge in [-0.15, -0.1) is 0 Å². The lowest BCUT2D eigenvalue weighted by atomic mass is 9.99. The normalized spacial score (nSPS) is 23.5. The quantitative estimate of drug-likeness (QED) is 0.728. The minimum atomic E-state index is -3.38. The SMILES string of the molecule is C[C@@H]1CN([C@H](C)CO)C(=O)c2cc(C3=CCCC3)cnc2O[C@H]1CN(C)S(C)(=O)=O. The number of carbonyl (C=O) groups excluding carboxylic acids is 1. The Bertz CT molecular complexity index is 931. The summed E-state index contributed by atoms with van der Waals surface area (Å²) in [5.74, 6) is -0.198. The van der Waals surface area contributed by atoms with Gasteiger partial charge in [0.1, 0.15) is 11.7 Å². The summed E-state index contributed by atoms with van der Waals surface area (Å²) in [6.45, 7) is 4.02. The van der Waals surface area contributed by atoms with Gasteiger partial charge in [-0.05, 0) is 43.4 Å². The van der Waals surface area contributed by atoms with E-state index in [-0.39, 0.29) is 36.9 Å². The Labute approximate surface area is 178 Å². The van der Waals surface area contributed by atoms with Crippen LogP contribution < -0.4 is 4.74 Å². The second-order valence-electron chi connectivity index (χ2n) is 8.36. The van der Waals surface area contributed by atoms with Crippen LogP contribution in [-0.2, 0) is 10.0 Å². The number of allylic oxidation sites excluding steroid dienone is 2. The van der Waals surface area contributed by atoms with E-state index in [4.69, 9.17) is 4.74 Å². The zero-order valence-corrected chi connectivity index (χ0v) is 18.9. The maximum Gasteiger partial charge on any atom is 0.259 e. The first-order valence-corrected chi connectivity index (χ1v) is 12.2. The van der Waals surface area contributed by atoms with E-state index in [0.717, 1.165) is 31.1 Å². The van der Waals surface area contributed by atoms with Gasteiger partial charge in [0, 0.05) is 25.7 Å². The van der Waals surface area contributed by atoms with Crippen molar-refractivity contribution in [3.8, 4) is 5.88 Å². The summed E-state index contributed by atoms with van der Waals surface area (Å²) in [6.07, 6.45) is 7.59. The number of nitrogens with zero attached hydrogens (tertiary/aromatic N) is 3. The zero-order valence-electron chi connectivity index (χ0n) is 18.0. The van der Waals surface area contributed by atoms with E-state index >= 15 is 0 Å². The number of likely N-dealkylation sites (N-methyl/N-ethyl adjacent to an activating group) is 1. The number of hydrogen-bond acceptors (Lipinski definition) is 6. The molecular formula is C21H31N3O5S. The van der Waals surface area contributed by atoms with Gasteiger partial charge in [0.05, 0.1) is 25.4 Å². The van der Waals surface area contributed by atoms with Crippen LogP contribution in [0.4, 0.5) is 0 Å². The second-order valence-corrected chi connectivity index (χ2v) is 10.5. The fourth-order valence-electron chi connectivity index (χ4n) is 3.82. The summed E-state index contributed by atoms with van der Waals surface area (Å²) >= 11 is 0. The summed E-state index contributed by atoms with van der Waals surface area (Å²) in [5.41, 5.74) is 2.42. The zero-order chi connectivity index (χ0) is 22.1. The van der Waals surface area contributed by atoms with Crippen LogP contribution in [0, 0.1) is 5.92 Å². The first-order chi connectivity index (χ1) is 14.1. The molecule has 2 heterocycles. The summed E-state index contributed by atoms with van der Waals surface area (Å²) in [4.78, 5) is 19.4. The fraction of sp³-hybridized carbons (Fsp3) is 0.619. The largest absolute Gasteiger partial charge is 0.472 e. The highest BCUT2D eigenvalue weighted by atomic mass is 32.2. The topological polar surface area (TPSA) is 100 Å². The Morgan fingerprint density at radius 1 is 1.43 bits per heavy atom. The van der Waals surface area contributed by atoms with Crippen LogP contribution in [0.1, 0.15) is 49.0 Å². The monoisotopic (exact) mass is 437 g/mol. The van der Waals surface area contributed by atoms with E-state index in [0.29, 0.717) is 12.1 Å². The summed E-state index contributed by atoms with van der Waals surface area (Å²) in [7, 11) is -1.87. The van der Waals surface area contributed by atoms with Gasteiger partial charge in [-0.25, -0.2) is 17.7 Å². The van der Waals surface area contributed by atoms with Gasteiger partial charge in [0.25, 0.3) is 5.91 Å². The molecule has 0 spiro atoms. The van der Waals surface area contributed by atoms with Crippen LogP contribution >= 0.6 is 0 Å². The predicted molar refractivity (Wildman–Crippen MR) is 115 cm³/mol. The minimum Gasteiger partial charge on any atom is -0.472 e. The van der Waals surface area contributed by atoms with Crippen LogP contribution in [0.5, 0.6) is 5.88 Å². The molecule has 1 aliphatic carbocycles. The molecule has 2 aliphatic rings. The number of rotatable bonds is 6. The number of hydrogen-bond donors (Lipinski definition) is 1. The Morgan fingerprint density at radius 2 is 2.17 bits per heavy atom. The van der Waals surface area contributed by atoms with Gasteiger partial charge in [0.15, 0.2) is 0 Å². The lowest BCUT2D eigenvalue weighted by Crippen LogP contribution is -2.50. The van der Waals surface area contributed by atoms with Gasteiger partial charge in [0.2, 0.25) is 15.9 Å². The van der Waals surface area contributed by atoms with Crippen LogP contribution in [0.3, 0.4) is 0 Å². The summed E-state index contributed by atoms with van der Waals surface area (Å²) in [5, 5.41) is 9.71. The van der Waals surface area contributed by atoms with E-state index in [2.05, 4.69) is 11.1 Å². The molecule has 0 aromatic carbocycles. The van der Waals surface area contributed by atoms with Crippen molar-refractivity contribution < 1.29 is 23.1 Å². The minimum absolute atomic E-state index is 0.142. The Hall–Kier alpha value is -1.97. The van der Waals surface area contributed by atoms with Crippen molar-refractivity contribution in [1.29, 1.82) is 0 Å². The third-order valence-corrected chi connectivity index (χ3v) is 7.22. The highest BCUT2D eigenvalue weighted by Crippen LogP contribution is 2.32. The van der Waals surface area contributed by atoms with Crippen molar-refractivity contribution in [3.63, 3.8) is 0 Å². The number of aromatic nitrogens is 1. The Morgan fingerprint density at radius 3 is 2.77 bits per heavy atom. The van der Waals surface area contributed by atoms with Crippen LogP contribution in [0.2, 0.25) is 0 Å². The lowest BCUT2D eigenvalue weighted by molar-refractivity contribution is 0.0373. The summed E-state index contributed by atoms with van der Waals surface area (Å²) in [6, 6.07) is 1.43. The maximum absolute atomic E-state index is 13.4. The first kappa shape index (κ1) is 22.7. The van der Waals surface area contributed by atoms with E-state index in [9.17, 15) is 18.3 Å². The molecule has 1 aromatic rings. The Balaban J connectivity index is 2.02. The highest BCUT2D eigenvalue weighted by Gasteiger charge is 2.35. The van der Waals surface area contributed by atoms with Gasteiger partial charge < -0.3 is 14.7 Å². The first-order valence-electron chi connectivity index (χ1n) is 10.3. The molecule has 166 valence electrons. The molecule has 0 unspecified atom stereocenters. The van der Waals surface area contributed by atoms with Crippen LogP contribution in [0.15, 0.2) is 18.3 Å². The molecule has 1 N–H and O–H groups in total. The van der Waals surface area contributed by atoms with E-state index in [1.807, 2.05) is 13.0 Å². The van der Waals surface area contributed by atoms with Crippen molar-refractivity contribution in [3.05, 3.63) is 29.5 Å². The predicted octanol–water partition coefficient (Wildman–Crippen LogP) is 1.76. The number of sulfonamides is 1. The smallest absolute Gasteiger partial charge is 0.259 e. The van der Waals surface area contributed by atoms with E-state index in [1.165, 1.54) is 16.9 Å². The summed E-state index contributed by atoms with van der Waals surface area (Å²) < 4.78 is 31.2. The average molecular weight is 438 g/mol. The number of ether oxygens (including phenoxy) is 1. The number of pyridine rings is 1. The number of aliphatic hydroxyl groups excluding tert-OH is 1. The third-order valence-electron chi connectivity index (χ3n) is 5.94. The molecule has 0 saturated heterocycles. The Kier molecular flexibility index (Phi) is 6.84. The molecule has 0 radical (unpaired) electrons. The van der Waals surface area contributed by atoms with Crippen molar-refractivity contribution in [2.75, 3.05) is 33.0 Å². The van der Waals surface area contributed by atoms with Crippen molar-refractivity contribution in [1.82, 2.24) is 14.2 Å². The van der Waals surface area contributed by atoms with Gasteiger partial charge in [-0.2, -0.15) is 0 Å². The van der Waals surface area contributed by atoms with Crippen LogP contribution in [0.25, 0.3) is 5.57 Å². The molecule has 3 atom stereocenters. The molecular weight excluding hydrogens is 406 g/mol. The molecule has 0 saturated carbocycles. The number of fused-ring (bicyclic) bond motifs is 1. The molecule has 0 bridgehead atoms. The van der Waals surface area contributed by atoms with Crippen LogP contribution in [-0.4, -0.2) is 78.8 Å². The van der Waals surface area contributed by atoms with Crippen molar-refractivity contribution in [2.24, 2.45) is 5.92 Å². The molecule has 3 rings (SSSR count). The second kappa shape index (κ2) is 9.03. The van der Waals surface area contributed by atoms with Gasteiger partial charge >= 0.3 is 0 Å². The number of amides is 1. The van der Waals surface area contributed by atoms with Crippen molar-refractivity contribution in [2.45, 2.75) is 45.3 Å². The highest BCUT2D eigenvalue weighted by molar-refractivity contribution is 7.88. The average Bonchev–Trinajstić information content (AvgIpc) is 3.23. The molecule has 1 aliphatic heterocycles. The lowest BCUT2D eigenvalue weighted by Gasteiger charge is -2.37. The molecule has 9 heteroatoms. The molecule has 1 amide bonds. The number of carbonyl (C=O) groups is 1. The standard InChI is InChI=1S/C21H31N3O5S/c1-14-11-24(15(2)13-25)21(26)18-9-17(16-7-5-6-8-16)10-22-20(18)29-19(14)12-23(3)30(4,27)28/h7,9-10,14-15,19,25H,5-6,8,11-13H2,1-4H3/t14-,15-,19+/m1/s1. The van der Waals surface area contributed by atoms with Crippen molar-refractivity contribution >= 4 is 21.5 Å². The van der Waals surface area contributed by atoms with E-state index < -0.39 is 16.1 Å². The fourth-order valence-corrected chi connectivity index (χ4v) is 4.24. The molecule has 1 aromatic heterocycles. The maximum atomic E-state index is 13.4. The van der Waals surface area contributed by atoms with Gasteiger partial charge in [-0.1, -0.05) is 13.0 Å². The molecule has 30 heavy (non-hydrogen) atoms. The van der Waals surface area contributed by atoms with Gasteiger partial charge in [-0.3, -0.25) is 4.79 Å². The molecule has 0 fully saturated rings. The number of aliphatic hydroxyl groups is 1. The molecule has 8 nitrogen and oxygen atoms in total.